The molecule has 3 rings (SSSR count). The van der Waals surface area contributed by atoms with E-state index in [0.29, 0.717) is 29.0 Å². The standard InChI is InChI=1S/C26H31N3O4/c1-3-7-20-14-18(4-2)15-22(25(20)33-17-23(30)29-12-5-6-13-29)24(26(31)32)28-21-10-8-19(16-27)9-11-21/h8-11,14-15,24,28H,3-7,12-13,17H2,1-2H3,(H,31,32)/p-1. The number of hydrogen-bond donors (Lipinski definition) is 1. The predicted octanol–water partition coefficient (Wildman–Crippen LogP) is 2.98. The Labute approximate surface area is 195 Å². The summed E-state index contributed by atoms with van der Waals surface area (Å²) in [4.78, 5) is 26.6. The van der Waals surface area contributed by atoms with E-state index in [1.807, 2.05) is 32.0 Å². The second-order valence-electron chi connectivity index (χ2n) is 8.24. The first-order valence-corrected chi connectivity index (χ1v) is 11.5. The molecule has 0 bridgehead atoms. The number of anilines is 1. The van der Waals surface area contributed by atoms with Crippen LogP contribution < -0.4 is 15.2 Å². The Hall–Kier alpha value is -3.53. The molecule has 1 heterocycles. The average molecular weight is 449 g/mol. The van der Waals surface area contributed by atoms with Gasteiger partial charge < -0.3 is 24.9 Å². The van der Waals surface area contributed by atoms with Gasteiger partial charge in [0.25, 0.3) is 5.91 Å². The number of carbonyl (C=O) groups is 2. The van der Waals surface area contributed by atoms with Crippen LogP contribution in [0.3, 0.4) is 0 Å². The van der Waals surface area contributed by atoms with Crippen molar-refractivity contribution in [3.63, 3.8) is 0 Å². The van der Waals surface area contributed by atoms with Crippen LogP contribution in [0.15, 0.2) is 36.4 Å². The van der Waals surface area contributed by atoms with E-state index in [9.17, 15) is 14.7 Å². The molecule has 0 spiro atoms. The van der Waals surface area contributed by atoms with E-state index >= 15 is 0 Å². The van der Waals surface area contributed by atoms with Crippen molar-refractivity contribution in [2.45, 2.75) is 52.0 Å². The summed E-state index contributed by atoms with van der Waals surface area (Å²) in [5, 5.41) is 24.3. The molecule has 0 aromatic heterocycles. The molecule has 1 aliphatic heterocycles. The molecule has 1 unspecified atom stereocenters. The van der Waals surface area contributed by atoms with Gasteiger partial charge >= 0.3 is 0 Å². The zero-order valence-electron chi connectivity index (χ0n) is 19.2. The maximum Gasteiger partial charge on any atom is 0.260 e. The molecular formula is C26H30N3O4-. The molecule has 1 N–H and O–H groups in total. The summed E-state index contributed by atoms with van der Waals surface area (Å²) in [6.07, 6.45) is 4.26. The second-order valence-corrected chi connectivity index (χ2v) is 8.24. The zero-order valence-corrected chi connectivity index (χ0v) is 19.2. The van der Waals surface area contributed by atoms with E-state index in [-0.39, 0.29) is 12.5 Å². The highest BCUT2D eigenvalue weighted by Crippen LogP contribution is 2.34. The Morgan fingerprint density at radius 3 is 2.45 bits per heavy atom. The van der Waals surface area contributed by atoms with Gasteiger partial charge in [-0.1, -0.05) is 26.3 Å². The Balaban J connectivity index is 1.97. The normalized spacial score (nSPS) is 13.9. The third kappa shape index (κ3) is 6.04. The molecule has 1 fully saturated rings. The van der Waals surface area contributed by atoms with Gasteiger partial charge in [-0.25, -0.2) is 0 Å². The summed E-state index contributed by atoms with van der Waals surface area (Å²) in [5.74, 6) is -0.965. The largest absolute Gasteiger partial charge is 0.548 e. The summed E-state index contributed by atoms with van der Waals surface area (Å²) in [5.41, 5.74) is 3.33. The number of carboxylic acid groups (broad SMARTS) is 1. The number of nitriles is 1. The number of nitrogens with one attached hydrogen (secondary N) is 1. The minimum atomic E-state index is -1.30. The van der Waals surface area contributed by atoms with Gasteiger partial charge in [0, 0.05) is 24.3 Å². The number of nitrogens with zero attached hydrogens (tertiary/aromatic N) is 2. The molecule has 0 radical (unpaired) electrons. The highest BCUT2D eigenvalue weighted by Gasteiger charge is 2.24. The first kappa shape index (κ1) is 24.1. The van der Waals surface area contributed by atoms with Crippen molar-refractivity contribution in [3.05, 3.63) is 58.7 Å². The van der Waals surface area contributed by atoms with Crippen LogP contribution in [0, 0.1) is 11.3 Å². The quantitative estimate of drug-likeness (QED) is 0.599. The molecule has 1 saturated heterocycles. The molecule has 0 aliphatic carbocycles. The van der Waals surface area contributed by atoms with E-state index < -0.39 is 12.0 Å². The first-order valence-electron chi connectivity index (χ1n) is 11.5. The number of amides is 1. The maximum absolute atomic E-state index is 12.6. The van der Waals surface area contributed by atoms with Gasteiger partial charge in [0.2, 0.25) is 0 Å². The molecule has 33 heavy (non-hydrogen) atoms. The fourth-order valence-corrected chi connectivity index (χ4v) is 4.09. The zero-order chi connectivity index (χ0) is 23.8. The summed E-state index contributed by atoms with van der Waals surface area (Å²) >= 11 is 0. The van der Waals surface area contributed by atoms with Crippen LogP contribution in [-0.2, 0) is 22.4 Å². The number of aryl methyl sites for hydroxylation is 2. The summed E-state index contributed by atoms with van der Waals surface area (Å²) in [6.45, 7) is 5.38. The van der Waals surface area contributed by atoms with Gasteiger partial charge in [0.15, 0.2) is 6.61 Å². The molecule has 7 heteroatoms. The van der Waals surface area contributed by atoms with Crippen molar-refractivity contribution in [2.75, 3.05) is 25.0 Å². The molecule has 2 aromatic rings. The third-order valence-electron chi connectivity index (χ3n) is 5.85. The minimum absolute atomic E-state index is 0.0921. The Morgan fingerprint density at radius 1 is 1.18 bits per heavy atom. The number of hydrogen-bond acceptors (Lipinski definition) is 6. The van der Waals surface area contributed by atoms with Crippen molar-refractivity contribution in [3.8, 4) is 11.8 Å². The van der Waals surface area contributed by atoms with Crippen molar-refractivity contribution >= 4 is 17.6 Å². The van der Waals surface area contributed by atoms with Gasteiger partial charge in [-0.3, -0.25) is 4.79 Å². The maximum atomic E-state index is 12.6. The first-order chi connectivity index (χ1) is 16.0. The number of likely N-dealkylation sites (tertiary alicyclic amines) is 1. The molecule has 1 amide bonds. The number of ether oxygens (including phenoxy) is 1. The van der Waals surface area contributed by atoms with E-state index in [1.165, 1.54) is 0 Å². The molecule has 1 aliphatic rings. The molecule has 0 saturated carbocycles. The van der Waals surface area contributed by atoms with Crippen LogP contribution in [0.5, 0.6) is 5.75 Å². The lowest BCUT2D eigenvalue weighted by Gasteiger charge is -2.26. The van der Waals surface area contributed by atoms with E-state index in [2.05, 4.69) is 5.32 Å². The van der Waals surface area contributed by atoms with Crippen LogP contribution in [0.2, 0.25) is 0 Å². The molecule has 1 atom stereocenters. The lowest BCUT2D eigenvalue weighted by Crippen LogP contribution is -2.35. The van der Waals surface area contributed by atoms with Gasteiger partial charge in [-0.15, -0.1) is 0 Å². The van der Waals surface area contributed by atoms with E-state index in [4.69, 9.17) is 10.00 Å². The van der Waals surface area contributed by atoms with Crippen LogP contribution in [0.4, 0.5) is 5.69 Å². The topological polar surface area (TPSA) is 105 Å². The monoisotopic (exact) mass is 448 g/mol. The number of carbonyl (C=O) groups excluding carboxylic acids is 2. The number of carboxylic acids is 1. The van der Waals surface area contributed by atoms with Crippen LogP contribution >= 0.6 is 0 Å². The second kappa shape index (κ2) is 11.4. The van der Waals surface area contributed by atoms with Crippen molar-refractivity contribution in [1.29, 1.82) is 5.26 Å². The highest BCUT2D eigenvalue weighted by molar-refractivity contribution is 5.80. The minimum Gasteiger partial charge on any atom is -0.548 e. The summed E-state index contributed by atoms with van der Waals surface area (Å²) < 4.78 is 6.03. The van der Waals surface area contributed by atoms with Gasteiger partial charge in [0.1, 0.15) is 5.75 Å². The van der Waals surface area contributed by atoms with Gasteiger partial charge in [-0.05, 0) is 67.1 Å². The Bertz CT molecular complexity index is 1020. The SMILES string of the molecule is CCCc1cc(CC)cc(C(Nc2ccc(C#N)cc2)C(=O)[O-])c1OCC(=O)N1CCCC1. The lowest BCUT2D eigenvalue weighted by molar-refractivity contribution is -0.307. The van der Waals surface area contributed by atoms with Crippen LogP contribution in [-0.4, -0.2) is 36.5 Å². The molecule has 2 aromatic carbocycles. The van der Waals surface area contributed by atoms with E-state index in [0.717, 1.165) is 49.9 Å². The highest BCUT2D eigenvalue weighted by atomic mass is 16.5. The fraction of sp³-hybridized carbons (Fsp3) is 0.423. The van der Waals surface area contributed by atoms with Crippen molar-refractivity contribution in [2.24, 2.45) is 0 Å². The number of aliphatic carboxylic acids is 1. The van der Waals surface area contributed by atoms with Crippen molar-refractivity contribution in [1.82, 2.24) is 4.90 Å². The molecular weight excluding hydrogens is 418 g/mol. The smallest absolute Gasteiger partial charge is 0.260 e. The number of benzene rings is 2. The predicted molar refractivity (Wildman–Crippen MR) is 124 cm³/mol. The summed E-state index contributed by atoms with van der Waals surface area (Å²) in [7, 11) is 0. The van der Waals surface area contributed by atoms with Crippen molar-refractivity contribution < 1.29 is 19.4 Å². The number of rotatable bonds is 10. The summed E-state index contributed by atoms with van der Waals surface area (Å²) in [6, 6.07) is 11.2. The Kier molecular flexibility index (Phi) is 8.31. The van der Waals surface area contributed by atoms with E-state index in [1.54, 1.807) is 29.2 Å². The van der Waals surface area contributed by atoms with Crippen LogP contribution in [0.1, 0.15) is 61.4 Å². The fourth-order valence-electron chi connectivity index (χ4n) is 4.09. The van der Waals surface area contributed by atoms with Gasteiger partial charge in [-0.2, -0.15) is 5.26 Å². The molecule has 7 nitrogen and oxygen atoms in total. The lowest BCUT2D eigenvalue weighted by atomic mass is 9.95. The average Bonchev–Trinajstić information content (AvgIpc) is 3.37. The Morgan fingerprint density at radius 2 is 1.88 bits per heavy atom. The third-order valence-corrected chi connectivity index (χ3v) is 5.85. The molecule has 174 valence electrons. The van der Waals surface area contributed by atoms with Crippen LogP contribution in [0.25, 0.3) is 0 Å². The van der Waals surface area contributed by atoms with Gasteiger partial charge in [0.05, 0.1) is 23.6 Å².